The van der Waals surface area contributed by atoms with Crippen LogP contribution in [0.3, 0.4) is 0 Å². The van der Waals surface area contributed by atoms with E-state index < -0.39 is 11.6 Å². The summed E-state index contributed by atoms with van der Waals surface area (Å²) in [7, 11) is 0. The van der Waals surface area contributed by atoms with Gasteiger partial charge < -0.3 is 9.64 Å². The molecule has 0 aromatic heterocycles. The molecule has 2 aliphatic heterocycles. The fraction of sp³-hybridized carbons (Fsp3) is 0.241. The van der Waals surface area contributed by atoms with Gasteiger partial charge in [-0.2, -0.15) is 0 Å². The van der Waals surface area contributed by atoms with Crippen LogP contribution in [0.5, 0.6) is 0 Å². The SMILES string of the molecule is CCC1=C(c2cc(Cl)cc(Cl)c2)C(=O)N2C[C@@H](OC(=O)c3ccccc3)C[C@]12Cc1ccc(Br)cc1. The van der Waals surface area contributed by atoms with Crippen molar-refractivity contribution in [3.8, 4) is 0 Å². The van der Waals surface area contributed by atoms with Gasteiger partial charge in [0.1, 0.15) is 6.10 Å². The van der Waals surface area contributed by atoms with Gasteiger partial charge in [-0.1, -0.05) is 76.4 Å². The number of hydrogen-bond donors (Lipinski definition) is 0. The zero-order chi connectivity index (χ0) is 25.4. The predicted octanol–water partition coefficient (Wildman–Crippen LogP) is 7.37. The van der Waals surface area contributed by atoms with Crippen LogP contribution in [-0.2, 0) is 16.0 Å². The summed E-state index contributed by atoms with van der Waals surface area (Å²) in [5.41, 5.74) is 3.38. The van der Waals surface area contributed by atoms with E-state index in [1.807, 2.05) is 35.2 Å². The molecule has 0 spiro atoms. The average Bonchev–Trinajstić information content (AvgIpc) is 3.31. The number of carbonyl (C=O) groups excluding carboxylic acids is 2. The largest absolute Gasteiger partial charge is 0.457 e. The fourth-order valence-corrected chi connectivity index (χ4v) is 6.37. The minimum atomic E-state index is -0.606. The quantitative estimate of drug-likeness (QED) is 0.284. The lowest BCUT2D eigenvalue weighted by molar-refractivity contribution is -0.126. The van der Waals surface area contributed by atoms with E-state index in [1.165, 1.54) is 0 Å². The summed E-state index contributed by atoms with van der Waals surface area (Å²) in [4.78, 5) is 28.7. The first kappa shape index (κ1) is 25.1. The zero-order valence-electron chi connectivity index (χ0n) is 19.6. The highest BCUT2D eigenvalue weighted by Crippen LogP contribution is 2.50. The minimum Gasteiger partial charge on any atom is -0.457 e. The Morgan fingerprint density at radius 2 is 1.72 bits per heavy atom. The number of hydrogen-bond acceptors (Lipinski definition) is 3. The van der Waals surface area contributed by atoms with E-state index in [1.54, 1.807) is 30.3 Å². The Kier molecular flexibility index (Phi) is 6.99. The van der Waals surface area contributed by atoms with Crippen molar-refractivity contribution in [1.29, 1.82) is 0 Å². The highest BCUT2D eigenvalue weighted by atomic mass is 79.9. The summed E-state index contributed by atoms with van der Waals surface area (Å²) in [6, 6.07) is 22.3. The molecule has 0 N–H and O–H groups in total. The van der Waals surface area contributed by atoms with Gasteiger partial charge in [-0.25, -0.2) is 4.79 Å². The van der Waals surface area contributed by atoms with E-state index in [2.05, 4.69) is 35.0 Å². The van der Waals surface area contributed by atoms with Gasteiger partial charge in [0.25, 0.3) is 5.91 Å². The Morgan fingerprint density at radius 3 is 2.36 bits per heavy atom. The summed E-state index contributed by atoms with van der Waals surface area (Å²) in [6.07, 6.45) is 1.39. The Balaban J connectivity index is 1.56. The third kappa shape index (κ3) is 4.60. The van der Waals surface area contributed by atoms with E-state index >= 15 is 0 Å². The molecule has 5 rings (SSSR count). The van der Waals surface area contributed by atoms with Crippen LogP contribution in [0.2, 0.25) is 10.0 Å². The molecule has 7 heteroatoms. The number of carbonyl (C=O) groups is 2. The van der Waals surface area contributed by atoms with Crippen LogP contribution in [-0.4, -0.2) is 35.0 Å². The van der Waals surface area contributed by atoms with Gasteiger partial charge in [-0.3, -0.25) is 4.79 Å². The van der Waals surface area contributed by atoms with Gasteiger partial charge >= 0.3 is 5.97 Å². The zero-order valence-corrected chi connectivity index (χ0v) is 22.7. The van der Waals surface area contributed by atoms with E-state index in [9.17, 15) is 9.59 Å². The molecule has 0 radical (unpaired) electrons. The number of nitrogens with zero attached hydrogens (tertiary/aromatic N) is 1. The molecule has 2 heterocycles. The van der Waals surface area contributed by atoms with Crippen LogP contribution in [0.25, 0.3) is 5.57 Å². The molecule has 0 aliphatic carbocycles. The normalized spacial score (nSPS) is 21.2. The molecule has 2 aliphatic rings. The number of ether oxygens (including phenoxy) is 1. The summed E-state index contributed by atoms with van der Waals surface area (Å²) >= 11 is 16.1. The molecule has 36 heavy (non-hydrogen) atoms. The van der Waals surface area contributed by atoms with Crippen molar-refractivity contribution in [3.05, 3.63) is 110 Å². The van der Waals surface area contributed by atoms with Gasteiger partial charge in [0, 0.05) is 26.5 Å². The summed E-state index contributed by atoms with van der Waals surface area (Å²) < 4.78 is 6.92. The van der Waals surface area contributed by atoms with Crippen molar-refractivity contribution in [2.45, 2.75) is 37.8 Å². The highest BCUT2D eigenvalue weighted by Gasteiger charge is 2.57. The third-order valence-electron chi connectivity index (χ3n) is 6.99. The topological polar surface area (TPSA) is 46.6 Å². The monoisotopic (exact) mass is 583 g/mol. The maximum absolute atomic E-state index is 14.0. The van der Waals surface area contributed by atoms with Gasteiger partial charge in [0.2, 0.25) is 0 Å². The molecule has 0 unspecified atom stereocenters. The molecule has 1 fully saturated rings. The molecule has 2 atom stereocenters. The molecular formula is C29H24BrCl2NO3. The lowest BCUT2D eigenvalue weighted by Gasteiger charge is -2.35. The van der Waals surface area contributed by atoms with E-state index in [-0.39, 0.29) is 11.9 Å². The standard InChI is InChI=1S/C29H24BrCl2NO3/c1-2-25-26(20-12-22(31)14-23(32)13-20)27(34)33-17-24(36-28(35)19-6-4-3-5-7-19)16-29(25,33)15-18-8-10-21(30)11-9-18/h3-14,24H,2,15-17H2,1H3/t24-,29+/m0/s1. The van der Waals surface area contributed by atoms with Gasteiger partial charge in [-0.05, 0) is 72.0 Å². The maximum Gasteiger partial charge on any atom is 0.338 e. The number of halogens is 3. The number of benzene rings is 3. The van der Waals surface area contributed by atoms with Crippen LogP contribution in [0, 0.1) is 0 Å². The lowest BCUT2D eigenvalue weighted by atomic mass is 9.79. The molecule has 1 amide bonds. The second kappa shape index (κ2) is 10.0. The van der Waals surface area contributed by atoms with Crippen LogP contribution >= 0.6 is 39.1 Å². The second-order valence-corrected chi connectivity index (χ2v) is 11.0. The number of amides is 1. The molecule has 0 bridgehead atoms. The molecule has 3 aromatic rings. The number of fused-ring (bicyclic) bond motifs is 1. The average molecular weight is 585 g/mol. The van der Waals surface area contributed by atoms with Gasteiger partial charge in [0.05, 0.1) is 17.6 Å². The second-order valence-electron chi connectivity index (χ2n) is 9.21. The third-order valence-corrected chi connectivity index (χ3v) is 7.95. The van der Waals surface area contributed by atoms with Crippen LogP contribution in [0.15, 0.2) is 82.8 Å². The van der Waals surface area contributed by atoms with Gasteiger partial charge in [-0.15, -0.1) is 0 Å². The first-order valence-electron chi connectivity index (χ1n) is 11.8. The molecule has 4 nitrogen and oxygen atoms in total. The lowest BCUT2D eigenvalue weighted by Crippen LogP contribution is -2.45. The van der Waals surface area contributed by atoms with E-state index in [0.29, 0.717) is 47.0 Å². The Hall–Kier alpha value is -2.60. The van der Waals surface area contributed by atoms with E-state index in [4.69, 9.17) is 27.9 Å². The number of esters is 1. The highest BCUT2D eigenvalue weighted by molar-refractivity contribution is 9.10. The van der Waals surface area contributed by atoms with Gasteiger partial charge in [0.15, 0.2) is 0 Å². The van der Waals surface area contributed by atoms with Crippen molar-refractivity contribution < 1.29 is 14.3 Å². The summed E-state index contributed by atoms with van der Waals surface area (Å²) in [6.45, 7) is 2.39. The Morgan fingerprint density at radius 1 is 1.06 bits per heavy atom. The van der Waals surface area contributed by atoms with Crippen LogP contribution in [0.1, 0.15) is 41.3 Å². The predicted molar refractivity (Wildman–Crippen MR) is 146 cm³/mol. The summed E-state index contributed by atoms with van der Waals surface area (Å²) in [5.74, 6) is -0.461. The van der Waals surface area contributed by atoms with Crippen molar-refractivity contribution in [1.82, 2.24) is 4.90 Å². The molecular weight excluding hydrogens is 561 g/mol. The minimum absolute atomic E-state index is 0.0828. The maximum atomic E-state index is 14.0. The van der Waals surface area contributed by atoms with Crippen molar-refractivity contribution >= 4 is 56.6 Å². The molecule has 184 valence electrons. The Labute approximate surface area is 229 Å². The van der Waals surface area contributed by atoms with Crippen molar-refractivity contribution in [2.24, 2.45) is 0 Å². The smallest absolute Gasteiger partial charge is 0.338 e. The van der Waals surface area contributed by atoms with Crippen LogP contribution < -0.4 is 0 Å². The first-order valence-corrected chi connectivity index (χ1v) is 13.4. The van der Waals surface area contributed by atoms with Crippen molar-refractivity contribution in [3.63, 3.8) is 0 Å². The Bertz CT molecular complexity index is 1340. The fourth-order valence-electron chi connectivity index (χ4n) is 5.58. The molecule has 1 saturated heterocycles. The molecule has 3 aromatic carbocycles. The summed E-state index contributed by atoms with van der Waals surface area (Å²) in [5, 5.41) is 0.967. The number of rotatable bonds is 6. The van der Waals surface area contributed by atoms with Crippen LogP contribution in [0.4, 0.5) is 0 Å². The van der Waals surface area contributed by atoms with Crippen molar-refractivity contribution in [2.75, 3.05) is 6.54 Å². The molecule has 0 saturated carbocycles. The van der Waals surface area contributed by atoms with E-state index in [0.717, 1.165) is 21.2 Å². The first-order chi connectivity index (χ1) is 17.3.